The van der Waals surface area contributed by atoms with Crippen LogP contribution in [0, 0.1) is 5.92 Å². The molecule has 20 heavy (non-hydrogen) atoms. The van der Waals surface area contributed by atoms with Crippen molar-refractivity contribution in [3.05, 3.63) is 0 Å². The standard InChI is InChI=1S/C14H26N6/c1-4-9-15-12-17-13(19-14(18-12)20(2)3)16-10-5-6-11-7-8-11/h11H,4-10H2,1-3H3,(H2,15,16,17,18,19). The lowest BCUT2D eigenvalue weighted by atomic mass is 10.2. The van der Waals surface area contributed by atoms with Crippen LogP contribution in [0.5, 0.6) is 0 Å². The number of hydrogen-bond donors (Lipinski definition) is 2. The van der Waals surface area contributed by atoms with Gasteiger partial charge < -0.3 is 15.5 Å². The second kappa shape index (κ2) is 7.26. The fourth-order valence-corrected chi connectivity index (χ4v) is 1.96. The first-order valence-electron chi connectivity index (χ1n) is 7.60. The molecule has 1 heterocycles. The molecule has 0 aliphatic heterocycles. The molecule has 6 nitrogen and oxygen atoms in total. The third-order valence-corrected chi connectivity index (χ3v) is 3.33. The molecular weight excluding hydrogens is 252 g/mol. The molecule has 0 unspecified atom stereocenters. The molecule has 1 saturated carbocycles. The number of anilines is 3. The van der Waals surface area contributed by atoms with Crippen molar-refractivity contribution < 1.29 is 0 Å². The molecule has 0 saturated heterocycles. The van der Waals surface area contributed by atoms with E-state index in [2.05, 4.69) is 32.5 Å². The molecule has 6 heteroatoms. The summed E-state index contributed by atoms with van der Waals surface area (Å²) in [6, 6.07) is 0. The number of hydrogen-bond acceptors (Lipinski definition) is 6. The van der Waals surface area contributed by atoms with E-state index in [4.69, 9.17) is 0 Å². The highest BCUT2D eigenvalue weighted by molar-refractivity contribution is 5.42. The highest BCUT2D eigenvalue weighted by atomic mass is 15.3. The molecule has 0 bridgehead atoms. The first-order chi connectivity index (χ1) is 9.69. The van der Waals surface area contributed by atoms with Crippen LogP contribution in [-0.4, -0.2) is 42.1 Å². The van der Waals surface area contributed by atoms with E-state index >= 15 is 0 Å². The maximum absolute atomic E-state index is 4.43. The van der Waals surface area contributed by atoms with Gasteiger partial charge in [0.05, 0.1) is 0 Å². The highest BCUT2D eigenvalue weighted by Gasteiger charge is 2.20. The van der Waals surface area contributed by atoms with E-state index in [9.17, 15) is 0 Å². The molecule has 2 N–H and O–H groups in total. The van der Waals surface area contributed by atoms with Gasteiger partial charge in [-0.05, 0) is 25.2 Å². The Labute approximate surface area is 121 Å². The van der Waals surface area contributed by atoms with E-state index in [1.54, 1.807) is 0 Å². The molecular formula is C14H26N6. The minimum Gasteiger partial charge on any atom is -0.354 e. The monoisotopic (exact) mass is 278 g/mol. The van der Waals surface area contributed by atoms with Gasteiger partial charge in [0.1, 0.15) is 0 Å². The Hall–Kier alpha value is -1.59. The fourth-order valence-electron chi connectivity index (χ4n) is 1.96. The molecule has 0 radical (unpaired) electrons. The Morgan fingerprint density at radius 3 is 2.25 bits per heavy atom. The van der Waals surface area contributed by atoms with Crippen LogP contribution in [-0.2, 0) is 0 Å². The molecule has 1 aliphatic carbocycles. The number of nitrogens with zero attached hydrogens (tertiary/aromatic N) is 4. The van der Waals surface area contributed by atoms with Gasteiger partial charge in [-0.25, -0.2) is 0 Å². The van der Waals surface area contributed by atoms with Crippen molar-refractivity contribution in [3.63, 3.8) is 0 Å². The van der Waals surface area contributed by atoms with Gasteiger partial charge in [0.2, 0.25) is 17.8 Å². The lowest BCUT2D eigenvalue weighted by Gasteiger charge is -2.14. The third-order valence-electron chi connectivity index (χ3n) is 3.33. The molecule has 2 rings (SSSR count). The number of nitrogens with one attached hydrogen (secondary N) is 2. The van der Waals surface area contributed by atoms with Gasteiger partial charge in [-0.3, -0.25) is 0 Å². The van der Waals surface area contributed by atoms with E-state index < -0.39 is 0 Å². The zero-order chi connectivity index (χ0) is 14.4. The van der Waals surface area contributed by atoms with Crippen molar-refractivity contribution in [2.24, 2.45) is 5.92 Å². The summed E-state index contributed by atoms with van der Waals surface area (Å²) in [4.78, 5) is 15.1. The molecule has 1 fully saturated rings. The zero-order valence-corrected chi connectivity index (χ0v) is 12.8. The van der Waals surface area contributed by atoms with Gasteiger partial charge in [-0.1, -0.05) is 19.8 Å². The van der Waals surface area contributed by atoms with E-state index in [0.717, 1.165) is 25.4 Å². The molecule has 1 aliphatic rings. The summed E-state index contributed by atoms with van der Waals surface area (Å²) in [5.74, 6) is 2.98. The van der Waals surface area contributed by atoms with Crippen molar-refractivity contribution in [3.8, 4) is 0 Å². The molecule has 0 spiro atoms. The smallest absolute Gasteiger partial charge is 0.231 e. The molecule has 0 amide bonds. The summed E-state index contributed by atoms with van der Waals surface area (Å²) in [6.45, 7) is 3.93. The summed E-state index contributed by atoms with van der Waals surface area (Å²) in [7, 11) is 3.88. The van der Waals surface area contributed by atoms with Crippen molar-refractivity contribution in [1.29, 1.82) is 0 Å². The lowest BCUT2D eigenvalue weighted by molar-refractivity contribution is 0.685. The summed E-state index contributed by atoms with van der Waals surface area (Å²) < 4.78 is 0. The molecule has 1 aromatic rings. The Balaban J connectivity index is 1.91. The van der Waals surface area contributed by atoms with Crippen LogP contribution in [0.25, 0.3) is 0 Å². The van der Waals surface area contributed by atoms with Crippen LogP contribution in [0.1, 0.15) is 39.0 Å². The van der Waals surface area contributed by atoms with Crippen LogP contribution in [0.15, 0.2) is 0 Å². The van der Waals surface area contributed by atoms with Gasteiger partial charge >= 0.3 is 0 Å². The van der Waals surface area contributed by atoms with Crippen molar-refractivity contribution in [2.75, 3.05) is 42.7 Å². The largest absolute Gasteiger partial charge is 0.354 e. The van der Waals surface area contributed by atoms with Gasteiger partial charge in [0, 0.05) is 27.2 Å². The highest BCUT2D eigenvalue weighted by Crippen LogP contribution is 2.33. The second-order valence-corrected chi connectivity index (χ2v) is 5.62. The van der Waals surface area contributed by atoms with Gasteiger partial charge in [-0.2, -0.15) is 15.0 Å². The second-order valence-electron chi connectivity index (χ2n) is 5.62. The topological polar surface area (TPSA) is 66.0 Å². The van der Waals surface area contributed by atoms with E-state index in [1.165, 1.54) is 25.7 Å². The summed E-state index contributed by atoms with van der Waals surface area (Å²) in [5.41, 5.74) is 0. The van der Waals surface area contributed by atoms with Gasteiger partial charge in [0.15, 0.2) is 0 Å². The number of rotatable bonds is 9. The predicted octanol–water partition coefficient (Wildman–Crippen LogP) is 2.36. The maximum Gasteiger partial charge on any atom is 0.231 e. The predicted molar refractivity (Wildman–Crippen MR) is 83.4 cm³/mol. The normalized spacial score (nSPS) is 14.2. The maximum atomic E-state index is 4.43. The Morgan fingerprint density at radius 2 is 1.70 bits per heavy atom. The summed E-state index contributed by atoms with van der Waals surface area (Å²) in [6.07, 6.45) is 6.39. The zero-order valence-electron chi connectivity index (χ0n) is 12.8. The minimum atomic E-state index is 0.648. The average Bonchev–Trinajstić information content (AvgIpc) is 3.25. The van der Waals surface area contributed by atoms with Crippen molar-refractivity contribution in [2.45, 2.75) is 39.0 Å². The van der Waals surface area contributed by atoms with Gasteiger partial charge in [-0.15, -0.1) is 0 Å². The van der Waals surface area contributed by atoms with Crippen LogP contribution in [0.4, 0.5) is 17.8 Å². The fraction of sp³-hybridized carbons (Fsp3) is 0.786. The summed E-state index contributed by atoms with van der Waals surface area (Å²) >= 11 is 0. The molecule has 0 atom stereocenters. The first kappa shape index (κ1) is 14.8. The van der Waals surface area contributed by atoms with Crippen LogP contribution in [0.3, 0.4) is 0 Å². The summed E-state index contributed by atoms with van der Waals surface area (Å²) in [5, 5.41) is 6.53. The minimum absolute atomic E-state index is 0.648. The molecule has 1 aromatic heterocycles. The van der Waals surface area contributed by atoms with E-state index in [0.29, 0.717) is 17.8 Å². The first-order valence-corrected chi connectivity index (χ1v) is 7.60. The molecule has 112 valence electrons. The van der Waals surface area contributed by atoms with Crippen LogP contribution >= 0.6 is 0 Å². The van der Waals surface area contributed by atoms with Crippen molar-refractivity contribution >= 4 is 17.8 Å². The Morgan fingerprint density at radius 1 is 1.05 bits per heavy atom. The Bertz CT molecular complexity index is 416. The quantitative estimate of drug-likeness (QED) is 0.676. The van der Waals surface area contributed by atoms with E-state index in [-0.39, 0.29) is 0 Å². The SMILES string of the molecule is CCCNc1nc(NCCCC2CC2)nc(N(C)C)n1. The van der Waals surface area contributed by atoms with Crippen molar-refractivity contribution in [1.82, 2.24) is 15.0 Å². The number of aromatic nitrogens is 3. The van der Waals surface area contributed by atoms with E-state index in [1.807, 2.05) is 19.0 Å². The third kappa shape index (κ3) is 4.83. The van der Waals surface area contributed by atoms with Crippen LogP contribution in [0.2, 0.25) is 0 Å². The average molecular weight is 278 g/mol. The van der Waals surface area contributed by atoms with Gasteiger partial charge in [0.25, 0.3) is 0 Å². The molecule has 0 aromatic carbocycles. The Kier molecular flexibility index (Phi) is 5.38. The lowest BCUT2D eigenvalue weighted by Crippen LogP contribution is -2.17. The van der Waals surface area contributed by atoms with Crippen LogP contribution < -0.4 is 15.5 Å².